The van der Waals surface area contributed by atoms with E-state index in [0.717, 1.165) is 0 Å². The molecule has 0 saturated carbocycles. The third-order valence-corrected chi connectivity index (χ3v) is 1.84. The van der Waals surface area contributed by atoms with Crippen LogP contribution >= 0.6 is 0 Å². The van der Waals surface area contributed by atoms with Gasteiger partial charge in [-0.2, -0.15) is 5.10 Å². The van der Waals surface area contributed by atoms with Crippen LogP contribution in [-0.4, -0.2) is 20.5 Å². The van der Waals surface area contributed by atoms with Crippen molar-refractivity contribution < 1.29 is 4.79 Å². The van der Waals surface area contributed by atoms with Gasteiger partial charge in [-0.15, -0.1) is 0 Å². The molecule has 14 heavy (non-hydrogen) atoms. The molecule has 2 aromatic heterocycles. The minimum absolute atomic E-state index is 0.147. The molecule has 0 radical (unpaired) electrons. The first-order valence-electron chi connectivity index (χ1n) is 4.23. The molecule has 0 fully saturated rings. The van der Waals surface area contributed by atoms with E-state index in [4.69, 9.17) is 0 Å². The van der Waals surface area contributed by atoms with Crippen LogP contribution in [0.4, 0.5) is 0 Å². The van der Waals surface area contributed by atoms with Gasteiger partial charge in [0.1, 0.15) is 11.4 Å². The number of hydrogen-bond donors (Lipinski definition) is 0. The van der Waals surface area contributed by atoms with E-state index in [0.29, 0.717) is 11.4 Å². The molecule has 2 aromatic rings. The highest BCUT2D eigenvalue weighted by molar-refractivity contribution is 6.06. The summed E-state index contributed by atoms with van der Waals surface area (Å²) in [7, 11) is 1.77. The molecule has 2 rings (SSSR count). The Kier molecular flexibility index (Phi) is 2.10. The fraction of sp³-hybridized carbons (Fsp3) is 0.100. The number of pyridine rings is 1. The van der Waals surface area contributed by atoms with E-state index >= 15 is 0 Å². The van der Waals surface area contributed by atoms with Crippen molar-refractivity contribution in [1.82, 2.24) is 14.8 Å². The van der Waals surface area contributed by atoms with E-state index in [1.54, 1.807) is 48.4 Å². The molecule has 0 aliphatic heterocycles. The third-order valence-electron chi connectivity index (χ3n) is 1.84. The van der Waals surface area contributed by atoms with Gasteiger partial charge < -0.3 is 0 Å². The Bertz CT molecular complexity index is 447. The Morgan fingerprint density at radius 3 is 2.71 bits per heavy atom. The van der Waals surface area contributed by atoms with E-state index < -0.39 is 0 Å². The first-order valence-corrected chi connectivity index (χ1v) is 4.23. The highest BCUT2D eigenvalue weighted by atomic mass is 16.1. The standard InChI is InChI=1S/C10H9N3O/c1-13-7-5-9(12-13)10(14)8-4-2-3-6-11-8/h2-7H,1H3. The summed E-state index contributed by atoms with van der Waals surface area (Å²) in [4.78, 5) is 15.7. The Balaban J connectivity index is 2.34. The van der Waals surface area contributed by atoms with Crippen LogP contribution in [0.25, 0.3) is 0 Å². The van der Waals surface area contributed by atoms with Gasteiger partial charge in [0.05, 0.1) is 0 Å². The van der Waals surface area contributed by atoms with Crippen molar-refractivity contribution in [2.24, 2.45) is 7.05 Å². The smallest absolute Gasteiger partial charge is 0.231 e. The molecule has 0 aliphatic rings. The Labute approximate surface area is 81.2 Å². The monoisotopic (exact) mass is 187 g/mol. The summed E-state index contributed by atoms with van der Waals surface area (Å²) >= 11 is 0. The van der Waals surface area contributed by atoms with Gasteiger partial charge in [-0.25, -0.2) is 0 Å². The minimum atomic E-state index is -0.147. The van der Waals surface area contributed by atoms with E-state index in [1.807, 2.05) is 0 Å². The fourth-order valence-electron chi connectivity index (χ4n) is 1.16. The molecule has 0 N–H and O–H groups in total. The molecule has 0 aliphatic carbocycles. The SMILES string of the molecule is Cn1ccc(C(=O)c2ccccn2)n1. The van der Waals surface area contributed by atoms with E-state index in [-0.39, 0.29) is 5.78 Å². The van der Waals surface area contributed by atoms with Crippen LogP contribution in [0.5, 0.6) is 0 Å². The molecule has 0 bridgehead atoms. The normalized spacial score (nSPS) is 10.1. The zero-order chi connectivity index (χ0) is 9.97. The van der Waals surface area contributed by atoms with Crippen LogP contribution in [0.3, 0.4) is 0 Å². The first-order chi connectivity index (χ1) is 6.77. The highest BCUT2D eigenvalue weighted by Crippen LogP contribution is 2.03. The van der Waals surface area contributed by atoms with Crippen molar-refractivity contribution in [2.45, 2.75) is 0 Å². The first kappa shape index (κ1) is 8.62. The lowest BCUT2D eigenvalue weighted by Crippen LogP contribution is -2.05. The summed E-state index contributed by atoms with van der Waals surface area (Å²) in [5.74, 6) is -0.147. The summed E-state index contributed by atoms with van der Waals surface area (Å²) in [5, 5.41) is 4.01. The number of hydrogen-bond acceptors (Lipinski definition) is 3. The molecule has 0 amide bonds. The lowest BCUT2D eigenvalue weighted by molar-refractivity contribution is 0.102. The molecule has 0 unspecified atom stereocenters. The maximum absolute atomic E-state index is 11.7. The number of nitrogens with zero attached hydrogens (tertiary/aromatic N) is 3. The molecule has 4 nitrogen and oxygen atoms in total. The fourth-order valence-corrected chi connectivity index (χ4v) is 1.16. The van der Waals surface area contributed by atoms with Crippen LogP contribution in [0.1, 0.15) is 16.2 Å². The molecule has 0 spiro atoms. The molecule has 2 heterocycles. The van der Waals surface area contributed by atoms with Crippen molar-refractivity contribution >= 4 is 5.78 Å². The van der Waals surface area contributed by atoms with Gasteiger partial charge in [-0.1, -0.05) is 6.07 Å². The maximum Gasteiger partial charge on any atom is 0.231 e. The number of rotatable bonds is 2. The van der Waals surface area contributed by atoms with Crippen molar-refractivity contribution in [1.29, 1.82) is 0 Å². The van der Waals surface area contributed by atoms with Crippen molar-refractivity contribution in [3.63, 3.8) is 0 Å². The van der Waals surface area contributed by atoms with Gasteiger partial charge in [0.2, 0.25) is 5.78 Å². The minimum Gasteiger partial charge on any atom is -0.285 e. The van der Waals surface area contributed by atoms with E-state index in [2.05, 4.69) is 10.1 Å². The molecule has 70 valence electrons. The number of aryl methyl sites for hydroxylation is 1. The molecule has 0 atom stereocenters. The molecular weight excluding hydrogens is 178 g/mol. The Morgan fingerprint density at radius 1 is 1.29 bits per heavy atom. The second kappa shape index (κ2) is 3.41. The van der Waals surface area contributed by atoms with Crippen LogP contribution < -0.4 is 0 Å². The zero-order valence-corrected chi connectivity index (χ0v) is 7.71. The Morgan fingerprint density at radius 2 is 2.14 bits per heavy atom. The van der Waals surface area contributed by atoms with E-state index in [9.17, 15) is 4.79 Å². The van der Waals surface area contributed by atoms with Gasteiger partial charge in [0.25, 0.3) is 0 Å². The number of ketones is 1. The van der Waals surface area contributed by atoms with Crippen molar-refractivity contribution in [2.75, 3.05) is 0 Å². The van der Waals surface area contributed by atoms with Crippen molar-refractivity contribution in [3.8, 4) is 0 Å². The molecule has 0 aromatic carbocycles. The number of aromatic nitrogens is 3. The topological polar surface area (TPSA) is 47.8 Å². The van der Waals surface area contributed by atoms with Crippen LogP contribution in [0, 0.1) is 0 Å². The molecule has 4 heteroatoms. The summed E-state index contributed by atoms with van der Waals surface area (Å²) in [6.07, 6.45) is 3.33. The largest absolute Gasteiger partial charge is 0.285 e. The van der Waals surface area contributed by atoms with Gasteiger partial charge in [-0.3, -0.25) is 14.5 Å². The third kappa shape index (κ3) is 1.54. The van der Waals surface area contributed by atoms with Gasteiger partial charge >= 0.3 is 0 Å². The van der Waals surface area contributed by atoms with Crippen LogP contribution in [0.2, 0.25) is 0 Å². The average molecular weight is 187 g/mol. The second-order valence-corrected chi connectivity index (χ2v) is 2.92. The van der Waals surface area contributed by atoms with Gasteiger partial charge in [0, 0.05) is 19.4 Å². The summed E-state index contributed by atoms with van der Waals surface area (Å²) in [6, 6.07) is 6.91. The predicted molar refractivity (Wildman–Crippen MR) is 50.9 cm³/mol. The zero-order valence-electron chi connectivity index (χ0n) is 7.71. The summed E-state index contributed by atoms with van der Waals surface area (Å²) in [6.45, 7) is 0. The molecule has 0 saturated heterocycles. The average Bonchev–Trinajstić information content (AvgIpc) is 2.65. The van der Waals surface area contributed by atoms with Gasteiger partial charge in [0.15, 0.2) is 0 Å². The predicted octanol–water partition coefficient (Wildman–Crippen LogP) is 1.05. The second-order valence-electron chi connectivity index (χ2n) is 2.92. The van der Waals surface area contributed by atoms with Crippen LogP contribution in [-0.2, 0) is 7.05 Å². The highest BCUT2D eigenvalue weighted by Gasteiger charge is 2.11. The maximum atomic E-state index is 11.7. The van der Waals surface area contributed by atoms with E-state index in [1.165, 1.54) is 0 Å². The lowest BCUT2D eigenvalue weighted by atomic mass is 10.2. The Hall–Kier alpha value is -1.97. The lowest BCUT2D eigenvalue weighted by Gasteiger charge is -1.94. The van der Waals surface area contributed by atoms with Crippen LogP contribution in [0.15, 0.2) is 36.7 Å². The van der Waals surface area contributed by atoms with Gasteiger partial charge in [-0.05, 0) is 18.2 Å². The van der Waals surface area contributed by atoms with Crippen molar-refractivity contribution in [3.05, 3.63) is 48.0 Å². The quantitative estimate of drug-likeness (QED) is 0.660. The summed E-state index contributed by atoms with van der Waals surface area (Å²) < 4.78 is 1.59. The molecular formula is C10H9N3O. The summed E-state index contributed by atoms with van der Waals surface area (Å²) in [5.41, 5.74) is 0.845. The number of carbonyl (C=O) groups is 1. The number of carbonyl (C=O) groups excluding carboxylic acids is 1.